The summed E-state index contributed by atoms with van der Waals surface area (Å²) < 4.78 is 17.5. The molecule has 0 amide bonds. The monoisotopic (exact) mass is 343 g/mol. The lowest BCUT2D eigenvalue weighted by atomic mass is 10.1. The quantitative estimate of drug-likeness (QED) is 0.760. The van der Waals surface area contributed by atoms with Crippen LogP contribution in [0.2, 0.25) is 0 Å². The van der Waals surface area contributed by atoms with Gasteiger partial charge in [0.1, 0.15) is 0 Å². The fourth-order valence-corrected chi connectivity index (χ4v) is 6.09. The maximum atomic E-state index is 11.4. The van der Waals surface area contributed by atoms with Crippen molar-refractivity contribution >= 4 is 10.6 Å². The van der Waals surface area contributed by atoms with E-state index in [4.69, 9.17) is 4.18 Å². The summed E-state index contributed by atoms with van der Waals surface area (Å²) in [6, 6.07) is 16.2. The zero-order chi connectivity index (χ0) is 16.4. The molecule has 1 N–H and O–H groups in total. The molecule has 3 nitrogen and oxygen atoms in total. The molecule has 128 valence electrons. The Balaban J connectivity index is 1.47. The molecule has 0 aromatic heterocycles. The first kappa shape index (κ1) is 16.2. The van der Waals surface area contributed by atoms with Gasteiger partial charge in [0.25, 0.3) is 0 Å². The van der Waals surface area contributed by atoms with Crippen LogP contribution in [-0.4, -0.2) is 35.7 Å². The fraction of sp³-hybridized carbons (Fsp3) is 0.400. The molecule has 2 heterocycles. The maximum absolute atomic E-state index is 11.4. The van der Waals surface area contributed by atoms with E-state index in [2.05, 4.69) is 17.0 Å². The fourth-order valence-electron chi connectivity index (χ4n) is 3.76. The van der Waals surface area contributed by atoms with Crippen molar-refractivity contribution in [3.63, 3.8) is 0 Å². The molecule has 1 saturated heterocycles. The molecule has 2 aliphatic heterocycles. The van der Waals surface area contributed by atoms with E-state index >= 15 is 0 Å². The molecule has 0 unspecified atom stereocenters. The first-order valence-corrected chi connectivity index (χ1v) is 10.4. The van der Waals surface area contributed by atoms with Crippen molar-refractivity contribution < 1.29 is 8.74 Å². The lowest BCUT2D eigenvalue weighted by Gasteiger charge is -2.36. The van der Waals surface area contributed by atoms with Gasteiger partial charge in [-0.1, -0.05) is 42.8 Å². The first-order chi connectivity index (χ1) is 11.8. The highest BCUT2D eigenvalue weighted by Crippen LogP contribution is 2.69. The van der Waals surface area contributed by atoms with Gasteiger partial charge in [-0.25, -0.2) is 0 Å². The Morgan fingerprint density at radius 2 is 1.46 bits per heavy atom. The molecule has 4 heteroatoms. The predicted octanol–water partition coefficient (Wildman–Crippen LogP) is 5.17. The number of benzene rings is 2. The van der Waals surface area contributed by atoms with Crippen LogP contribution in [-0.2, 0) is 4.18 Å². The number of piperidine rings is 1. The van der Waals surface area contributed by atoms with E-state index in [0.717, 1.165) is 33.9 Å². The second-order valence-corrected chi connectivity index (χ2v) is 8.76. The van der Waals surface area contributed by atoms with Crippen molar-refractivity contribution in [1.29, 1.82) is 0 Å². The van der Waals surface area contributed by atoms with Crippen LogP contribution in [0.5, 0.6) is 0 Å². The number of nitrogens with zero attached hydrogens (tertiary/aromatic N) is 1. The number of fused-ring (bicyclic) bond motifs is 3. The molecule has 24 heavy (non-hydrogen) atoms. The number of hydrogen-bond donors (Lipinski definition) is 1. The van der Waals surface area contributed by atoms with E-state index < -0.39 is 10.6 Å². The Morgan fingerprint density at radius 1 is 0.875 bits per heavy atom. The van der Waals surface area contributed by atoms with Crippen LogP contribution in [0.1, 0.15) is 25.7 Å². The van der Waals surface area contributed by atoms with E-state index in [1.807, 2.05) is 36.4 Å². The predicted molar refractivity (Wildman–Crippen MR) is 99.5 cm³/mol. The van der Waals surface area contributed by atoms with Gasteiger partial charge in [-0.2, -0.15) is 0 Å². The average molecular weight is 343 g/mol. The molecule has 4 rings (SSSR count). The molecule has 0 atom stereocenters. The summed E-state index contributed by atoms with van der Waals surface area (Å²) in [5, 5.41) is 0. The SMILES string of the molecule is OS1(OCCCN2CCCCC2)c2ccccc2-c2ccccc21. The minimum atomic E-state index is -2.34. The van der Waals surface area contributed by atoms with E-state index in [-0.39, 0.29) is 0 Å². The van der Waals surface area contributed by atoms with Gasteiger partial charge in [0.15, 0.2) is 0 Å². The topological polar surface area (TPSA) is 32.7 Å². The highest BCUT2D eigenvalue weighted by molar-refractivity contribution is 8.25. The third-order valence-corrected chi connectivity index (χ3v) is 7.39. The van der Waals surface area contributed by atoms with E-state index in [0.29, 0.717) is 6.61 Å². The summed E-state index contributed by atoms with van der Waals surface area (Å²) in [6.45, 7) is 4.09. The van der Waals surface area contributed by atoms with Gasteiger partial charge in [0, 0.05) is 17.7 Å². The van der Waals surface area contributed by atoms with Crippen LogP contribution < -0.4 is 0 Å². The van der Waals surface area contributed by atoms with Crippen molar-refractivity contribution in [1.82, 2.24) is 4.90 Å². The maximum Gasteiger partial charge on any atom is 0.0735 e. The number of hydrogen-bond acceptors (Lipinski definition) is 3. The summed E-state index contributed by atoms with van der Waals surface area (Å²) in [5.41, 5.74) is 2.23. The number of likely N-dealkylation sites (tertiary alicyclic amines) is 1. The minimum Gasteiger partial charge on any atom is -0.303 e. The van der Waals surface area contributed by atoms with Crippen LogP contribution in [0.4, 0.5) is 0 Å². The molecule has 2 aliphatic rings. The molecule has 2 aromatic rings. The van der Waals surface area contributed by atoms with Gasteiger partial charge in [0.05, 0.1) is 16.4 Å². The van der Waals surface area contributed by atoms with Crippen molar-refractivity contribution in [2.45, 2.75) is 35.5 Å². The van der Waals surface area contributed by atoms with Crippen molar-refractivity contribution in [2.24, 2.45) is 0 Å². The van der Waals surface area contributed by atoms with Gasteiger partial charge < -0.3 is 4.90 Å². The molecule has 0 bridgehead atoms. The molecular formula is C20H25NO2S. The highest BCUT2D eigenvalue weighted by Gasteiger charge is 2.35. The van der Waals surface area contributed by atoms with E-state index in [1.54, 1.807) is 0 Å². The minimum absolute atomic E-state index is 0.602. The average Bonchev–Trinajstić information content (AvgIpc) is 2.90. The summed E-state index contributed by atoms with van der Waals surface area (Å²) in [7, 11) is -2.34. The Labute approximate surface area is 146 Å². The van der Waals surface area contributed by atoms with Crippen LogP contribution in [0, 0.1) is 0 Å². The third-order valence-electron chi connectivity index (χ3n) is 4.98. The molecule has 0 aliphatic carbocycles. The normalized spacial score (nSPS) is 20.4. The van der Waals surface area contributed by atoms with Crippen LogP contribution >= 0.6 is 10.6 Å². The van der Waals surface area contributed by atoms with Gasteiger partial charge in [0.2, 0.25) is 0 Å². The van der Waals surface area contributed by atoms with Crippen LogP contribution in [0.3, 0.4) is 0 Å². The van der Waals surface area contributed by atoms with Crippen LogP contribution in [0.25, 0.3) is 11.1 Å². The van der Waals surface area contributed by atoms with Gasteiger partial charge in [-0.15, -0.1) is 10.6 Å². The van der Waals surface area contributed by atoms with Gasteiger partial charge >= 0.3 is 0 Å². The molecule has 0 radical (unpaired) electrons. The zero-order valence-corrected chi connectivity index (χ0v) is 14.8. The molecule has 2 aromatic carbocycles. The van der Waals surface area contributed by atoms with Crippen molar-refractivity contribution in [3.8, 4) is 11.1 Å². The Bertz CT molecular complexity index is 667. The molecule has 0 spiro atoms. The summed E-state index contributed by atoms with van der Waals surface area (Å²) in [5.74, 6) is 0. The molecular weight excluding hydrogens is 318 g/mol. The van der Waals surface area contributed by atoms with Gasteiger partial charge in [-0.3, -0.25) is 8.74 Å². The molecule has 0 saturated carbocycles. The Kier molecular flexibility index (Phi) is 4.63. The first-order valence-electron chi connectivity index (χ1n) is 8.90. The smallest absolute Gasteiger partial charge is 0.0735 e. The third kappa shape index (κ3) is 2.88. The van der Waals surface area contributed by atoms with Gasteiger partial charge in [-0.05, 0) is 44.5 Å². The highest BCUT2D eigenvalue weighted by atomic mass is 32.3. The summed E-state index contributed by atoms with van der Waals surface area (Å²) in [4.78, 5) is 4.41. The lowest BCUT2D eigenvalue weighted by Crippen LogP contribution is -2.31. The Morgan fingerprint density at radius 3 is 2.08 bits per heavy atom. The van der Waals surface area contributed by atoms with Crippen molar-refractivity contribution in [3.05, 3.63) is 48.5 Å². The lowest BCUT2D eigenvalue weighted by molar-refractivity contribution is 0.206. The Hall–Kier alpha value is -1.33. The zero-order valence-electron chi connectivity index (χ0n) is 14.0. The van der Waals surface area contributed by atoms with E-state index in [9.17, 15) is 4.55 Å². The van der Waals surface area contributed by atoms with E-state index in [1.165, 1.54) is 32.4 Å². The second kappa shape index (κ2) is 6.89. The largest absolute Gasteiger partial charge is 0.303 e. The van der Waals surface area contributed by atoms with Crippen molar-refractivity contribution in [2.75, 3.05) is 26.2 Å². The number of rotatable bonds is 5. The summed E-state index contributed by atoms with van der Waals surface area (Å²) >= 11 is 0. The molecule has 1 fully saturated rings. The standard InChI is InChI=1S/C20H25NO2S/c22-24(23-16-8-15-21-13-6-1-7-14-21)19-11-4-2-9-17(19)18-10-3-5-12-20(18)24/h2-5,9-12,22H,1,6-8,13-16H2. The van der Waals surface area contributed by atoms with Crippen LogP contribution in [0.15, 0.2) is 58.3 Å². The summed E-state index contributed by atoms with van der Waals surface area (Å²) in [6.07, 6.45) is 4.97. The second-order valence-electron chi connectivity index (χ2n) is 6.60.